The number of ether oxygens (including phenoxy) is 2. The van der Waals surface area contributed by atoms with Crippen molar-refractivity contribution in [1.82, 2.24) is 0 Å². The Morgan fingerprint density at radius 1 is 0.950 bits per heavy atom. The molecule has 0 amide bonds. The summed E-state index contributed by atoms with van der Waals surface area (Å²) < 4.78 is 10.8. The molecule has 0 bridgehead atoms. The maximum absolute atomic E-state index is 8.90. The van der Waals surface area contributed by atoms with Crippen LogP contribution in [0.3, 0.4) is 0 Å². The molecule has 0 radical (unpaired) electrons. The third kappa shape index (κ3) is 3.00. The lowest BCUT2D eigenvalue weighted by molar-refractivity contribution is 0.378. The van der Waals surface area contributed by atoms with Crippen LogP contribution in [0, 0.1) is 22.7 Å². The van der Waals surface area contributed by atoms with Gasteiger partial charge in [-0.15, -0.1) is 0 Å². The van der Waals surface area contributed by atoms with Gasteiger partial charge in [0.05, 0.1) is 30.4 Å². The number of benzene rings is 2. The minimum Gasteiger partial charge on any atom is -0.493 e. The minimum atomic E-state index is 0.403. The van der Waals surface area contributed by atoms with E-state index in [0.717, 1.165) is 0 Å². The lowest BCUT2D eigenvalue weighted by Gasteiger charge is -2.11. The lowest BCUT2D eigenvalue weighted by Crippen LogP contribution is -1.92. The van der Waals surface area contributed by atoms with E-state index in [0.29, 0.717) is 33.4 Å². The first-order valence-electron chi connectivity index (χ1n) is 5.63. The van der Waals surface area contributed by atoms with Gasteiger partial charge in [0.2, 0.25) is 0 Å². The van der Waals surface area contributed by atoms with Crippen molar-refractivity contribution in [2.45, 2.75) is 0 Å². The van der Waals surface area contributed by atoms with Crippen molar-refractivity contribution in [3.8, 4) is 29.4 Å². The molecular formula is C15H9ClN2O2. The maximum Gasteiger partial charge on any atom is 0.169 e. The molecule has 98 valence electrons. The standard InChI is InChI=1S/C15H9ClN2O2/c1-19-15-6-10(8-17)2-3-14(15)20-13-5-11(9-18)4-12(16)7-13/h2-7H,1H3. The highest BCUT2D eigenvalue weighted by atomic mass is 35.5. The molecule has 0 aliphatic carbocycles. The van der Waals surface area contributed by atoms with Gasteiger partial charge in [-0.1, -0.05) is 11.6 Å². The van der Waals surface area contributed by atoms with Crippen LogP contribution in [0.1, 0.15) is 11.1 Å². The zero-order chi connectivity index (χ0) is 14.5. The molecule has 0 saturated carbocycles. The quantitative estimate of drug-likeness (QED) is 0.858. The van der Waals surface area contributed by atoms with Crippen LogP contribution in [0.25, 0.3) is 0 Å². The normalized spacial score (nSPS) is 9.40. The third-order valence-corrected chi connectivity index (χ3v) is 2.74. The van der Waals surface area contributed by atoms with Crippen LogP contribution in [-0.2, 0) is 0 Å². The lowest BCUT2D eigenvalue weighted by atomic mass is 10.2. The average molecular weight is 285 g/mol. The summed E-state index contributed by atoms with van der Waals surface area (Å²) in [6, 6.07) is 13.6. The second kappa shape index (κ2) is 5.97. The van der Waals surface area contributed by atoms with E-state index in [4.69, 9.17) is 31.6 Å². The van der Waals surface area contributed by atoms with E-state index in [1.54, 1.807) is 36.4 Å². The molecular weight excluding hydrogens is 276 g/mol. The zero-order valence-corrected chi connectivity index (χ0v) is 11.3. The van der Waals surface area contributed by atoms with Gasteiger partial charge < -0.3 is 9.47 Å². The summed E-state index contributed by atoms with van der Waals surface area (Å²) in [5.74, 6) is 1.30. The van der Waals surface area contributed by atoms with Gasteiger partial charge in [-0.05, 0) is 30.3 Å². The second-order valence-corrected chi connectivity index (χ2v) is 4.30. The summed E-state index contributed by atoms with van der Waals surface area (Å²) in [4.78, 5) is 0. The molecule has 0 saturated heterocycles. The van der Waals surface area contributed by atoms with Crippen molar-refractivity contribution in [2.75, 3.05) is 7.11 Å². The molecule has 2 aromatic carbocycles. The van der Waals surface area contributed by atoms with E-state index in [9.17, 15) is 0 Å². The second-order valence-electron chi connectivity index (χ2n) is 3.87. The zero-order valence-electron chi connectivity index (χ0n) is 10.6. The van der Waals surface area contributed by atoms with Gasteiger partial charge in [-0.25, -0.2) is 0 Å². The SMILES string of the molecule is COc1cc(C#N)ccc1Oc1cc(Cl)cc(C#N)c1. The monoisotopic (exact) mass is 284 g/mol. The van der Waals surface area contributed by atoms with Gasteiger partial charge in [-0.3, -0.25) is 0 Å². The number of nitrogens with zero attached hydrogens (tertiary/aromatic N) is 2. The number of halogens is 1. The minimum absolute atomic E-state index is 0.403. The van der Waals surface area contributed by atoms with Crippen molar-refractivity contribution < 1.29 is 9.47 Å². The predicted octanol–water partition coefficient (Wildman–Crippen LogP) is 3.88. The van der Waals surface area contributed by atoms with Crippen LogP contribution in [0.2, 0.25) is 5.02 Å². The molecule has 0 fully saturated rings. The van der Waals surface area contributed by atoms with Crippen LogP contribution in [0.4, 0.5) is 0 Å². The molecule has 0 N–H and O–H groups in total. The molecule has 5 heteroatoms. The first kappa shape index (κ1) is 13.7. The smallest absolute Gasteiger partial charge is 0.169 e. The Balaban J connectivity index is 2.38. The van der Waals surface area contributed by atoms with Gasteiger partial charge in [0.15, 0.2) is 11.5 Å². The van der Waals surface area contributed by atoms with Gasteiger partial charge in [0, 0.05) is 11.1 Å². The molecule has 0 unspecified atom stereocenters. The van der Waals surface area contributed by atoms with Crippen molar-refractivity contribution in [3.63, 3.8) is 0 Å². The Morgan fingerprint density at radius 2 is 1.70 bits per heavy atom. The van der Waals surface area contributed by atoms with Crippen LogP contribution >= 0.6 is 11.6 Å². The summed E-state index contributed by atoms with van der Waals surface area (Å²) in [6.07, 6.45) is 0. The topological polar surface area (TPSA) is 66.0 Å². The van der Waals surface area contributed by atoms with Crippen LogP contribution < -0.4 is 9.47 Å². The van der Waals surface area contributed by atoms with Gasteiger partial charge in [0.1, 0.15) is 5.75 Å². The fourth-order valence-corrected chi connectivity index (χ4v) is 1.86. The Labute approximate surface area is 121 Å². The van der Waals surface area contributed by atoms with Crippen LogP contribution in [0.15, 0.2) is 36.4 Å². The van der Waals surface area contributed by atoms with Crippen LogP contribution in [-0.4, -0.2) is 7.11 Å². The Kier molecular flexibility index (Phi) is 4.10. The van der Waals surface area contributed by atoms with Crippen molar-refractivity contribution >= 4 is 11.6 Å². The van der Waals surface area contributed by atoms with E-state index in [1.807, 2.05) is 12.1 Å². The first-order valence-corrected chi connectivity index (χ1v) is 6.00. The summed E-state index contributed by atoms with van der Waals surface area (Å²) in [7, 11) is 1.49. The molecule has 0 heterocycles. The third-order valence-electron chi connectivity index (χ3n) is 2.52. The number of methoxy groups -OCH3 is 1. The molecule has 2 aromatic rings. The molecule has 0 atom stereocenters. The van der Waals surface area contributed by atoms with E-state index < -0.39 is 0 Å². The summed E-state index contributed by atoms with van der Waals surface area (Å²) in [6.45, 7) is 0. The first-order chi connectivity index (χ1) is 9.66. The molecule has 0 spiro atoms. The highest BCUT2D eigenvalue weighted by Crippen LogP contribution is 2.33. The highest BCUT2D eigenvalue weighted by molar-refractivity contribution is 6.30. The highest BCUT2D eigenvalue weighted by Gasteiger charge is 2.08. The van der Waals surface area contributed by atoms with Gasteiger partial charge >= 0.3 is 0 Å². The van der Waals surface area contributed by atoms with E-state index in [-0.39, 0.29) is 0 Å². The summed E-state index contributed by atoms with van der Waals surface area (Å²) in [5, 5.41) is 18.1. The van der Waals surface area contributed by atoms with E-state index in [1.165, 1.54) is 7.11 Å². The average Bonchev–Trinajstić information content (AvgIpc) is 2.47. The van der Waals surface area contributed by atoms with Crippen molar-refractivity contribution in [1.29, 1.82) is 10.5 Å². The maximum atomic E-state index is 8.90. The van der Waals surface area contributed by atoms with Crippen molar-refractivity contribution in [3.05, 3.63) is 52.5 Å². The number of rotatable bonds is 3. The fraction of sp³-hybridized carbons (Fsp3) is 0.0667. The van der Waals surface area contributed by atoms with E-state index in [2.05, 4.69) is 0 Å². The molecule has 0 aliphatic rings. The number of hydrogen-bond acceptors (Lipinski definition) is 4. The Morgan fingerprint density at radius 3 is 2.35 bits per heavy atom. The Hall–Kier alpha value is -2.69. The fourth-order valence-electron chi connectivity index (χ4n) is 1.63. The largest absolute Gasteiger partial charge is 0.493 e. The molecule has 20 heavy (non-hydrogen) atoms. The number of nitriles is 2. The summed E-state index contributed by atoms with van der Waals surface area (Å²) in [5.41, 5.74) is 0.873. The Bertz CT molecular complexity index is 730. The molecule has 4 nitrogen and oxygen atoms in total. The predicted molar refractivity (Wildman–Crippen MR) is 74.0 cm³/mol. The molecule has 0 aromatic heterocycles. The van der Waals surface area contributed by atoms with Crippen LogP contribution in [0.5, 0.6) is 17.2 Å². The summed E-state index contributed by atoms with van der Waals surface area (Å²) >= 11 is 5.91. The van der Waals surface area contributed by atoms with E-state index >= 15 is 0 Å². The van der Waals surface area contributed by atoms with Crippen molar-refractivity contribution in [2.24, 2.45) is 0 Å². The molecule has 0 aliphatic heterocycles. The number of hydrogen-bond donors (Lipinski definition) is 0. The van der Waals surface area contributed by atoms with Gasteiger partial charge in [0.25, 0.3) is 0 Å². The van der Waals surface area contributed by atoms with Gasteiger partial charge in [-0.2, -0.15) is 10.5 Å². The molecule has 2 rings (SSSR count).